The Balaban J connectivity index is 2.16. The summed E-state index contributed by atoms with van der Waals surface area (Å²) in [5, 5.41) is 10.3. The van der Waals surface area contributed by atoms with Crippen LogP contribution in [0.3, 0.4) is 0 Å². The summed E-state index contributed by atoms with van der Waals surface area (Å²) >= 11 is 5.27. The number of aliphatic hydroxyl groups is 1. The van der Waals surface area contributed by atoms with Crippen LogP contribution < -0.4 is 16.1 Å². The molecule has 0 saturated heterocycles. The average molecular weight is 275 g/mol. The number of anilines is 1. The SMILES string of the molecule is O=c1[nH]cc(N2C(=S)c3ccccc3C2O)c(=O)[nH]1. The van der Waals surface area contributed by atoms with Crippen molar-refractivity contribution < 1.29 is 5.11 Å². The third kappa shape index (κ3) is 1.71. The molecule has 3 rings (SSSR count). The minimum atomic E-state index is -1.03. The van der Waals surface area contributed by atoms with E-state index < -0.39 is 17.5 Å². The first-order chi connectivity index (χ1) is 9.09. The fourth-order valence-electron chi connectivity index (χ4n) is 2.12. The maximum absolute atomic E-state index is 11.8. The molecule has 0 saturated carbocycles. The van der Waals surface area contributed by atoms with Crippen LogP contribution in [0.25, 0.3) is 0 Å². The first-order valence-corrected chi connectivity index (χ1v) is 5.93. The fraction of sp³-hybridized carbons (Fsp3) is 0.0833. The molecule has 0 radical (unpaired) electrons. The smallest absolute Gasteiger partial charge is 0.325 e. The highest BCUT2D eigenvalue weighted by molar-refractivity contribution is 7.81. The quantitative estimate of drug-likeness (QED) is 0.649. The average Bonchev–Trinajstić information content (AvgIpc) is 2.64. The molecule has 1 aliphatic heterocycles. The Labute approximate surface area is 112 Å². The minimum Gasteiger partial charge on any atom is -0.369 e. The van der Waals surface area contributed by atoms with E-state index in [2.05, 4.69) is 9.97 Å². The zero-order valence-corrected chi connectivity index (χ0v) is 10.4. The van der Waals surface area contributed by atoms with E-state index >= 15 is 0 Å². The number of aromatic nitrogens is 2. The van der Waals surface area contributed by atoms with Crippen LogP contribution in [0, 0.1) is 0 Å². The molecule has 3 N–H and O–H groups in total. The summed E-state index contributed by atoms with van der Waals surface area (Å²) in [4.78, 5) is 28.9. The normalized spacial score (nSPS) is 17.6. The fourth-order valence-corrected chi connectivity index (χ4v) is 2.50. The van der Waals surface area contributed by atoms with E-state index in [-0.39, 0.29) is 5.69 Å². The summed E-state index contributed by atoms with van der Waals surface area (Å²) in [6.45, 7) is 0. The van der Waals surface area contributed by atoms with E-state index in [9.17, 15) is 14.7 Å². The van der Waals surface area contributed by atoms with Gasteiger partial charge in [0.25, 0.3) is 5.56 Å². The van der Waals surface area contributed by atoms with Gasteiger partial charge in [0.15, 0.2) is 6.23 Å². The van der Waals surface area contributed by atoms with Gasteiger partial charge in [0, 0.05) is 17.3 Å². The molecular weight excluding hydrogens is 266 g/mol. The molecule has 1 aromatic heterocycles. The van der Waals surface area contributed by atoms with E-state index in [1.54, 1.807) is 24.3 Å². The molecule has 2 aromatic rings. The van der Waals surface area contributed by atoms with Crippen LogP contribution in [0.4, 0.5) is 5.69 Å². The highest BCUT2D eigenvalue weighted by atomic mass is 32.1. The molecule has 19 heavy (non-hydrogen) atoms. The third-order valence-electron chi connectivity index (χ3n) is 2.99. The third-order valence-corrected chi connectivity index (χ3v) is 3.41. The molecule has 1 atom stereocenters. The summed E-state index contributed by atoms with van der Waals surface area (Å²) in [6.07, 6.45) is 0.207. The number of H-pyrrole nitrogens is 2. The largest absolute Gasteiger partial charge is 0.369 e. The van der Waals surface area contributed by atoms with Crippen LogP contribution in [-0.4, -0.2) is 20.1 Å². The summed E-state index contributed by atoms with van der Waals surface area (Å²) in [5.74, 6) is 0. The predicted molar refractivity (Wildman–Crippen MR) is 73.3 cm³/mol. The van der Waals surface area contributed by atoms with E-state index in [1.807, 2.05) is 0 Å². The number of nitrogens with zero attached hydrogens (tertiary/aromatic N) is 1. The molecule has 0 amide bonds. The summed E-state index contributed by atoms with van der Waals surface area (Å²) in [6, 6.07) is 7.11. The van der Waals surface area contributed by atoms with Gasteiger partial charge in [-0.3, -0.25) is 14.7 Å². The summed E-state index contributed by atoms with van der Waals surface area (Å²) in [5.41, 5.74) is 0.242. The highest BCUT2D eigenvalue weighted by Crippen LogP contribution is 2.34. The molecule has 1 aliphatic rings. The molecule has 6 nitrogen and oxygen atoms in total. The summed E-state index contributed by atoms with van der Waals surface area (Å²) < 4.78 is 0. The van der Waals surface area contributed by atoms with E-state index in [1.165, 1.54) is 11.1 Å². The van der Waals surface area contributed by atoms with Gasteiger partial charge in [-0.2, -0.15) is 0 Å². The Morgan fingerprint density at radius 3 is 2.68 bits per heavy atom. The number of aromatic amines is 2. The monoisotopic (exact) mass is 275 g/mol. The maximum Gasteiger partial charge on any atom is 0.325 e. The lowest BCUT2D eigenvalue weighted by atomic mass is 10.1. The van der Waals surface area contributed by atoms with Crippen LogP contribution in [0.15, 0.2) is 40.1 Å². The van der Waals surface area contributed by atoms with Gasteiger partial charge in [-0.25, -0.2) is 4.79 Å². The van der Waals surface area contributed by atoms with Gasteiger partial charge in [-0.05, 0) is 0 Å². The van der Waals surface area contributed by atoms with E-state index in [0.29, 0.717) is 16.1 Å². The number of rotatable bonds is 1. The second-order valence-corrected chi connectivity index (χ2v) is 4.48. The number of aliphatic hydroxyl groups excluding tert-OH is 1. The predicted octanol–water partition coefficient (Wildman–Crippen LogP) is 0.250. The first-order valence-electron chi connectivity index (χ1n) is 5.52. The molecule has 0 spiro atoms. The second kappa shape index (κ2) is 4.15. The van der Waals surface area contributed by atoms with Crippen molar-refractivity contribution >= 4 is 22.9 Å². The molecule has 1 unspecified atom stereocenters. The Hall–Kier alpha value is -2.25. The van der Waals surface area contributed by atoms with Gasteiger partial charge in [0.1, 0.15) is 10.7 Å². The lowest BCUT2D eigenvalue weighted by molar-refractivity contribution is 0.193. The molecule has 7 heteroatoms. The van der Waals surface area contributed by atoms with Crippen molar-refractivity contribution in [1.29, 1.82) is 0 Å². The zero-order chi connectivity index (χ0) is 13.6. The van der Waals surface area contributed by atoms with Crippen LogP contribution in [-0.2, 0) is 0 Å². The number of nitrogens with one attached hydrogen (secondary N) is 2. The maximum atomic E-state index is 11.8. The van der Waals surface area contributed by atoms with Gasteiger partial charge in [-0.1, -0.05) is 36.5 Å². The van der Waals surface area contributed by atoms with Crippen molar-refractivity contribution in [1.82, 2.24) is 9.97 Å². The molecular formula is C12H9N3O3S. The van der Waals surface area contributed by atoms with Gasteiger partial charge < -0.3 is 10.1 Å². The zero-order valence-electron chi connectivity index (χ0n) is 9.58. The topological polar surface area (TPSA) is 89.2 Å². The van der Waals surface area contributed by atoms with Crippen molar-refractivity contribution in [3.63, 3.8) is 0 Å². The standard InChI is InChI=1S/C12H9N3O3S/c16-9-8(5-13-12(18)14-9)15-10(17)6-3-1-2-4-7(6)11(15)19/h1-5,10,17H,(H2,13,14,16,18). The van der Waals surface area contributed by atoms with Crippen molar-refractivity contribution in [2.75, 3.05) is 4.90 Å². The van der Waals surface area contributed by atoms with E-state index in [0.717, 1.165) is 0 Å². The number of hydrogen-bond donors (Lipinski definition) is 3. The lowest BCUT2D eigenvalue weighted by Crippen LogP contribution is -2.34. The molecule has 0 fully saturated rings. The number of thiocarbonyl (C=S) groups is 1. The minimum absolute atomic E-state index is 0.105. The Morgan fingerprint density at radius 1 is 1.26 bits per heavy atom. The lowest BCUT2D eigenvalue weighted by Gasteiger charge is -2.21. The molecule has 2 heterocycles. The van der Waals surface area contributed by atoms with Gasteiger partial charge in [0.05, 0.1) is 0 Å². The van der Waals surface area contributed by atoms with Crippen molar-refractivity contribution in [3.05, 3.63) is 62.4 Å². The van der Waals surface area contributed by atoms with Gasteiger partial charge in [0.2, 0.25) is 0 Å². The van der Waals surface area contributed by atoms with Crippen LogP contribution >= 0.6 is 12.2 Å². The van der Waals surface area contributed by atoms with Crippen LogP contribution in [0.2, 0.25) is 0 Å². The number of hydrogen-bond acceptors (Lipinski definition) is 4. The van der Waals surface area contributed by atoms with Crippen LogP contribution in [0.5, 0.6) is 0 Å². The Kier molecular flexibility index (Phi) is 2.58. The molecule has 96 valence electrons. The first kappa shape index (κ1) is 11.8. The summed E-state index contributed by atoms with van der Waals surface area (Å²) in [7, 11) is 0. The molecule has 0 bridgehead atoms. The van der Waals surface area contributed by atoms with Gasteiger partial charge in [-0.15, -0.1) is 0 Å². The number of benzene rings is 1. The Bertz CT molecular complexity index is 780. The van der Waals surface area contributed by atoms with Gasteiger partial charge >= 0.3 is 5.69 Å². The number of fused-ring (bicyclic) bond motifs is 1. The van der Waals surface area contributed by atoms with Crippen LogP contribution in [0.1, 0.15) is 17.4 Å². The second-order valence-electron chi connectivity index (χ2n) is 4.09. The Morgan fingerprint density at radius 2 is 2.00 bits per heavy atom. The van der Waals surface area contributed by atoms with E-state index in [4.69, 9.17) is 12.2 Å². The van der Waals surface area contributed by atoms with Crippen molar-refractivity contribution in [2.45, 2.75) is 6.23 Å². The molecule has 1 aromatic carbocycles. The van der Waals surface area contributed by atoms with Crippen molar-refractivity contribution in [3.8, 4) is 0 Å². The van der Waals surface area contributed by atoms with Crippen molar-refractivity contribution in [2.24, 2.45) is 0 Å². The molecule has 0 aliphatic carbocycles. The highest BCUT2D eigenvalue weighted by Gasteiger charge is 2.34.